The van der Waals surface area contributed by atoms with Crippen molar-refractivity contribution in [2.45, 2.75) is 39.5 Å². The zero-order valence-electron chi connectivity index (χ0n) is 15.5. The molecule has 0 N–H and O–H groups in total. The molecule has 150 valence electrons. The maximum Gasteiger partial charge on any atom is 0.314 e. The Morgan fingerprint density at radius 2 is 1.75 bits per heavy atom. The van der Waals surface area contributed by atoms with Gasteiger partial charge in [0.2, 0.25) is 0 Å². The van der Waals surface area contributed by atoms with Gasteiger partial charge in [0.15, 0.2) is 11.6 Å². The molecule has 1 atom stereocenters. The Kier molecular flexibility index (Phi) is 8.33. The summed E-state index contributed by atoms with van der Waals surface area (Å²) < 4.78 is 33.4. The van der Waals surface area contributed by atoms with Gasteiger partial charge in [-0.3, -0.25) is 4.79 Å². The van der Waals surface area contributed by atoms with Crippen LogP contribution in [-0.2, 0) is 4.79 Å². The van der Waals surface area contributed by atoms with Crippen molar-refractivity contribution in [3.8, 4) is 5.75 Å². The van der Waals surface area contributed by atoms with Gasteiger partial charge >= 0.3 is 5.97 Å². The Labute approximate surface area is 172 Å². The Morgan fingerprint density at radius 3 is 2.32 bits per heavy atom. The molecule has 0 aliphatic rings. The summed E-state index contributed by atoms with van der Waals surface area (Å²) in [4.78, 5) is 12.3. The maximum atomic E-state index is 14.4. The van der Waals surface area contributed by atoms with Gasteiger partial charge in [-0.2, -0.15) is 0 Å². The van der Waals surface area contributed by atoms with Crippen LogP contribution in [0, 0.1) is 17.6 Å². The van der Waals surface area contributed by atoms with E-state index in [0.29, 0.717) is 12.8 Å². The minimum Gasteiger partial charge on any atom is -0.426 e. The smallest absolute Gasteiger partial charge is 0.314 e. The predicted octanol–water partition coefficient (Wildman–Crippen LogP) is 7.81. The number of ether oxygens (including phenoxy) is 1. The van der Waals surface area contributed by atoms with Gasteiger partial charge in [-0.05, 0) is 25.0 Å². The highest BCUT2D eigenvalue weighted by Gasteiger charge is 2.20. The summed E-state index contributed by atoms with van der Waals surface area (Å²) in [5.41, 5.74) is -0.532. The van der Waals surface area contributed by atoms with Crippen molar-refractivity contribution in [2.75, 3.05) is 0 Å². The van der Waals surface area contributed by atoms with Gasteiger partial charge in [0, 0.05) is 12.1 Å². The summed E-state index contributed by atoms with van der Waals surface area (Å²) in [6, 6.07) is 6.27. The molecule has 2 aromatic carbocycles. The van der Waals surface area contributed by atoms with Gasteiger partial charge in [-0.15, -0.1) is 10.2 Å². The van der Waals surface area contributed by atoms with Crippen molar-refractivity contribution >= 4 is 40.5 Å². The number of benzene rings is 2. The number of unbranched alkanes of at least 4 members (excludes halogenated alkanes) is 1. The van der Waals surface area contributed by atoms with Crippen molar-refractivity contribution in [1.82, 2.24) is 0 Å². The van der Waals surface area contributed by atoms with Crippen LogP contribution in [0.25, 0.3) is 0 Å². The number of rotatable bonds is 8. The fraction of sp³-hybridized carbons (Fsp3) is 0.350. The number of carbonyl (C=O) groups is 1. The molecule has 28 heavy (non-hydrogen) atoms. The van der Waals surface area contributed by atoms with Crippen molar-refractivity contribution < 1.29 is 18.3 Å². The topological polar surface area (TPSA) is 51.0 Å². The molecule has 2 aromatic rings. The molecule has 4 nitrogen and oxygen atoms in total. The van der Waals surface area contributed by atoms with E-state index in [1.807, 2.05) is 13.8 Å². The first kappa shape index (κ1) is 22.2. The fourth-order valence-electron chi connectivity index (χ4n) is 2.52. The lowest BCUT2D eigenvalue weighted by molar-refractivity contribution is -0.139. The van der Waals surface area contributed by atoms with Gasteiger partial charge in [-0.1, -0.05) is 56.0 Å². The molecule has 0 fully saturated rings. The monoisotopic (exact) mass is 428 g/mol. The molecule has 0 bridgehead atoms. The Hall–Kier alpha value is -2.05. The molecule has 0 saturated heterocycles. The summed E-state index contributed by atoms with van der Waals surface area (Å²) in [5, 5.41) is 7.22. The molecule has 0 aromatic heterocycles. The molecule has 0 spiro atoms. The van der Waals surface area contributed by atoms with Crippen molar-refractivity contribution in [2.24, 2.45) is 16.1 Å². The van der Waals surface area contributed by atoms with E-state index < -0.39 is 17.6 Å². The third-order valence-electron chi connectivity index (χ3n) is 4.13. The summed E-state index contributed by atoms with van der Waals surface area (Å²) in [6.45, 7) is 3.93. The zero-order chi connectivity index (χ0) is 20.7. The van der Waals surface area contributed by atoms with Crippen LogP contribution in [0.3, 0.4) is 0 Å². The van der Waals surface area contributed by atoms with Crippen LogP contribution in [0.2, 0.25) is 10.0 Å². The van der Waals surface area contributed by atoms with Crippen molar-refractivity contribution in [1.29, 1.82) is 0 Å². The van der Waals surface area contributed by atoms with Crippen LogP contribution in [0.1, 0.15) is 39.5 Å². The number of azo groups is 1. The second-order valence-electron chi connectivity index (χ2n) is 6.17. The summed E-state index contributed by atoms with van der Waals surface area (Å²) in [7, 11) is 0. The number of nitrogens with zero attached hydrogens (tertiary/aromatic N) is 2. The lowest BCUT2D eigenvalue weighted by Crippen LogP contribution is -2.20. The van der Waals surface area contributed by atoms with Crippen molar-refractivity contribution in [3.05, 3.63) is 52.0 Å². The molecule has 0 aliphatic carbocycles. The first-order valence-electron chi connectivity index (χ1n) is 8.93. The van der Waals surface area contributed by atoms with E-state index in [1.165, 1.54) is 18.2 Å². The molecule has 0 saturated carbocycles. The first-order chi connectivity index (χ1) is 13.4. The van der Waals surface area contributed by atoms with Crippen LogP contribution in [0.15, 0.2) is 40.6 Å². The predicted molar refractivity (Wildman–Crippen MR) is 106 cm³/mol. The highest BCUT2D eigenvalue weighted by Crippen LogP contribution is 2.36. The number of hydrogen-bond donors (Lipinski definition) is 0. The van der Waals surface area contributed by atoms with Gasteiger partial charge < -0.3 is 4.74 Å². The molecule has 0 amide bonds. The molecule has 0 heterocycles. The molecule has 2 rings (SSSR count). The van der Waals surface area contributed by atoms with Gasteiger partial charge in [0.05, 0.1) is 16.0 Å². The molecule has 0 aliphatic heterocycles. The van der Waals surface area contributed by atoms with E-state index >= 15 is 0 Å². The summed E-state index contributed by atoms with van der Waals surface area (Å²) in [5.74, 6) is -2.27. The molecular weight excluding hydrogens is 409 g/mol. The maximum absolute atomic E-state index is 14.4. The van der Waals surface area contributed by atoms with E-state index in [1.54, 1.807) is 0 Å². The lowest BCUT2D eigenvalue weighted by Gasteiger charge is -2.14. The molecule has 0 radical (unpaired) electrons. The van der Waals surface area contributed by atoms with Crippen LogP contribution in [0.4, 0.5) is 20.2 Å². The van der Waals surface area contributed by atoms with Gasteiger partial charge in [0.25, 0.3) is 0 Å². The largest absolute Gasteiger partial charge is 0.426 e. The second-order valence-corrected chi connectivity index (χ2v) is 6.99. The SMILES string of the molecule is CCCCC(CC)C(=O)Oc1cc(F)c(/N=N/c2c(F)cccc2Cl)c(Cl)c1. The Morgan fingerprint density at radius 1 is 1.07 bits per heavy atom. The molecule has 1 unspecified atom stereocenters. The Bertz CT molecular complexity index is 832. The summed E-state index contributed by atoms with van der Waals surface area (Å²) >= 11 is 11.9. The van der Waals surface area contributed by atoms with E-state index in [0.717, 1.165) is 25.0 Å². The minimum atomic E-state index is -0.854. The third kappa shape index (κ3) is 5.72. The highest BCUT2D eigenvalue weighted by molar-refractivity contribution is 6.33. The third-order valence-corrected chi connectivity index (χ3v) is 4.72. The average molecular weight is 429 g/mol. The summed E-state index contributed by atoms with van der Waals surface area (Å²) in [6.07, 6.45) is 3.21. The average Bonchev–Trinajstić information content (AvgIpc) is 2.63. The first-order valence-corrected chi connectivity index (χ1v) is 9.69. The van der Waals surface area contributed by atoms with E-state index in [4.69, 9.17) is 27.9 Å². The second kappa shape index (κ2) is 10.5. The number of halogens is 4. The standard InChI is InChI=1S/C20H20Cl2F2N2O2/c1-3-5-7-12(4-2)20(27)28-13-10-15(22)19(17(24)11-13)26-25-18-14(21)8-6-9-16(18)23/h6,8-12H,3-5,7H2,1-2H3/b26-25+. The number of hydrogen-bond acceptors (Lipinski definition) is 4. The van der Waals surface area contributed by atoms with Crippen LogP contribution >= 0.6 is 23.2 Å². The normalized spacial score (nSPS) is 12.4. The van der Waals surface area contributed by atoms with Crippen LogP contribution in [0.5, 0.6) is 5.75 Å². The van der Waals surface area contributed by atoms with Crippen LogP contribution < -0.4 is 4.74 Å². The van der Waals surface area contributed by atoms with E-state index in [2.05, 4.69) is 10.2 Å². The minimum absolute atomic E-state index is 0.0228. The molecular formula is C20H20Cl2F2N2O2. The fourth-order valence-corrected chi connectivity index (χ4v) is 2.96. The number of carbonyl (C=O) groups excluding carboxylic acids is 1. The van der Waals surface area contributed by atoms with E-state index in [9.17, 15) is 13.6 Å². The lowest BCUT2D eigenvalue weighted by atomic mass is 10.00. The van der Waals surface area contributed by atoms with Gasteiger partial charge in [0.1, 0.15) is 17.1 Å². The van der Waals surface area contributed by atoms with Gasteiger partial charge in [-0.25, -0.2) is 8.78 Å². The van der Waals surface area contributed by atoms with Crippen LogP contribution in [-0.4, -0.2) is 5.97 Å². The highest BCUT2D eigenvalue weighted by atomic mass is 35.5. The quantitative estimate of drug-likeness (QED) is 0.244. The zero-order valence-corrected chi connectivity index (χ0v) is 17.0. The van der Waals surface area contributed by atoms with Crippen molar-refractivity contribution in [3.63, 3.8) is 0 Å². The number of esters is 1. The Balaban J connectivity index is 2.21. The van der Waals surface area contributed by atoms with E-state index in [-0.39, 0.29) is 33.1 Å². The molecule has 8 heteroatoms.